The summed E-state index contributed by atoms with van der Waals surface area (Å²) < 4.78 is 6.48. The molecule has 2 nitrogen and oxygen atoms in total. The minimum absolute atomic E-state index is 0.231. The highest BCUT2D eigenvalue weighted by atomic mass is 79.9. The standard InChI is InChI=1S/C16H20BrNO/c1-3-10-18-14(15-8-9-16(17)19-15)11-13-6-4-12(2)5-7-13/h4-9,14,18H,3,10-11H2,1-2H3. The van der Waals surface area contributed by atoms with E-state index in [0.29, 0.717) is 0 Å². The molecule has 0 spiro atoms. The molecule has 19 heavy (non-hydrogen) atoms. The van der Waals surface area contributed by atoms with Crippen LogP contribution in [0.3, 0.4) is 0 Å². The molecule has 102 valence electrons. The molecule has 3 heteroatoms. The van der Waals surface area contributed by atoms with Crippen LogP contribution in [-0.2, 0) is 6.42 Å². The Morgan fingerprint density at radius 3 is 2.47 bits per heavy atom. The predicted molar refractivity (Wildman–Crippen MR) is 82.3 cm³/mol. The largest absolute Gasteiger partial charge is 0.453 e. The molecule has 2 rings (SSSR count). The zero-order valence-corrected chi connectivity index (χ0v) is 13.0. The number of nitrogens with one attached hydrogen (secondary N) is 1. The molecule has 1 N–H and O–H groups in total. The van der Waals surface area contributed by atoms with Crippen LogP contribution in [0.25, 0.3) is 0 Å². The van der Waals surface area contributed by atoms with Gasteiger partial charge in [0.15, 0.2) is 4.67 Å². The van der Waals surface area contributed by atoms with Crippen molar-refractivity contribution in [1.29, 1.82) is 0 Å². The third kappa shape index (κ3) is 4.22. The zero-order valence-electron chi connectivity index (χ0n) is 11.4. The van der Waals surface area contributed by atoms with E-state index in [-0.39, 0.29) is 6.04 Å². The van der Waals surface area contributed by atoms with E-state index in [4.69, 9.17) is 4.42 Å². The molecule has 1 aromatic carbocycles. The molecule has 0 saturated carbocycles. The van der Waals surface area contributed by atoms with Gasteiger partial charge in [-0.3, -0.25) is 0 Å². The lowest BCUT2D eigenvalue weighted by molar-refractivity contribution is 0.400. The first-order valence-electron chi connectivity index (χ1n) is 6.73. The van der Waals surface area contributed by atoms with Crippen LogP contribution in [0.15, 0.2) is 45.5 Å². The van der Waals surface area contributed by atoms with E-state index in [2.05, 4.69) is 59.4 Å². The van der Waals surface area contributed by atoms with E-state index < -0.39 is 0 Å². The fourth-order valence-electron chi connectivity index (χ4n) is 2.07. The number of hydrogen-bond donors (Lipinski definition) is 1. The van der Waals surface area contributed by atoms with Gasteiger partial charge >= 0.3 is 0 Å². The summed E-state index contributed by atoms with van der Waals surface area (Å²) in [5.74, 6) is 0.987. The number of aryl methyl sites for hydroxylation is 1. The summed E-state index contributed by atoms with van der Waals surface area (Å²) in [6, 6.07) is 12.9. The zero-order chi connectivity index (χ0) is 13.7. The SMILES string of the molecule is CCCNC(Cc1ccc(C)cc1)c1ccc(Br)o1. The van der Waals surface area contributed by atoms with Gasteiger partial charge in [-0.25, -0.2) is 0 Å². The molecule has 2 aromatic rings. The van der Waals surface area contributed by atoms with Crippen LogP contribution >= 0.6 is 15.9 Å². The normalized spacial score (nSPS) is 12.6. The summed E-state index contributed by atoms with van der Waals surface area (Å²) in [5.41, 5.74) is 2.62. The fraction of sp³-hybridized carbons (Fsp3) is 0.375. The second kappa shape index (κ2) is 6.92. The molecule has 0 amide bonds. The highest BCUT2D eigenvalue weighted by Crippen LogP contribution is 2.23. The minimum Gasteiger partial charge on any atom is -0.453 e. The van der Waals surface area contributed by atoms with Crippen molar-refractivity contribution >= 4 is 15.9 Å². The van der Waals surface area contributed by atoms with E-state index in [9.17, 15) is 0 Å². The van der Waals surface area contributed by atoms with E-state index >= 15 is 0 Å². The van der Waals surface area contributed by atoms with Crippen LogP contribution in [0.2, 0.25) is 0 Å². The van der Waals surface area contributed by atoms with Crippen LogP contribution < -0.4 is 5.32 Å². The Kier molecular flexibility index (Phi) is 5.23. The summed E-state index contributed by atoms with van der Waals surface area (Å²) >= 11 is 3.37. The Morgan fingerprint density at radius 2 is 1.89 bits per heavy atom. The van der Waals surface area contributed by atoms with Gasteiger partial charge < -0.3 is 9.73 Å². The highest BCUT2D eigenvalue weighted by Gasteiger charge is 2.15. The van der Waals surface area contributed by atoms with Crippen molar-refractivity contribution in [3.63, 3.8) is 0 Å². The monoisotopic (exact) mass is 321 g/mol. The average molecular weight is 322 g/mol. The smallest absolute Gasteiger partial charge is 0.169 e. The lowest BCUT2D eigenvalue weighted by Crippen LogP contribution is -2.23. The van der Waals surface area contributed by atoms with Gasteiger partial charge in [-0.05, 0) is 59.9 Å². The first-order chi connectivity index (χ1) is 9.19. The Hall–Kier alpha value is -1.06. The second-order valence-electron chi connectivity index (χ2n) is 4.84. The summed E-state index contributed by atoms with van der Waals surface area (Å²) in [4.78, 5) is 0. The number of hydrogen-bond acceptors (Lipinski definition) is 2. The number of rotatable bonds is 6. The van der Waals surface area contributed by atoms with E-state index in [1.807, 2.05) is 12.1 Å². The fourth-order valence-corrected chi connectivity index (χ4v) is 2.39. The quantitative estimate of drug-likeness (QED) is 0.838. The molecule has 0 aliphatic heterocycles. The summed E-state index contributed by atoms with van der Waals surface area (Å²) in [5, 5.41) is 3.55. The van der Waals surface area contributed by atoms with Gasteiger partial charge in [0.2, 0.25) is 0 Å². The van der Waals surface area contributed by atoms with Gasteiger partial charge in [0.25, 0.3) is 0 Å². The van der Waals surface area contributed by atoms with Crippen molar-refractivity contribution in [3.8, 4) is 0 Å². The summed E-state index contributed by atoms with van der Waals surface area (Å²) in [7, 11) is 0. The molecule has 0 aliphatic carbocycles. The summed E-state index contributed by atoms with van der Waals surface area (Å²) in [6.45, 7) is 5.28. The molecular weight excluding hydrogens is 302 g/mol. The van der Waals surface area contributed by atoms with Crippen LogP contribution in [0.5, 0.6) is 0 Å². The van der Waals surface area contributed by atoms with Crippen molar-refractivity contribution in [1.82, 2.24) is 5.32 Å². The lowest BCUT2D eigenvalue weighted by Gasteiger charge is -2.16. The van der Waals surface area contributed by atoms with Crippen molar-refractivity contribution in [2.75, 3.05) is 6.54 Å². The second-order valence-corrected chi connectivity index (χ2v) is 5.62. The third-order valence-electron chi connectivity index (χ3n) is 3.14. The lowest BCUT2D eigenvalue weighted by atomic mass is 10.0. The number of furan rings is 1. The van der Waals surface area contributed by atoms with Gasteiger partial charge in [-0.1, -0.05) is 36.8 Å². The van der Waals surface area contributed by atoms with Gasteiger partial charge in [-0.2, -0.15) is 0 Å². The molecule has 1 unspecified atom stereocenters. The van der Waals surface area contributed by atoms with E-state index in [1.165, 1.54) is 11.1 Å². The Bertz CT molecular complexity index is 504. The molecule has 0 bridgehead atoms. The Morgan fingerprint density at radius 1 is 1.16 bits per heavy atom. The number of benzene rings is 1. The molecule has 1 atom stereocenters. The molecule has 0 aliphatic rings. The molecule has 0 fully saturated rings. The Labute approximate surface area is 123 Å². The van der Waals surface area contributed by atoms with Gasteiger partial charge in [-0.15, -0.1) is 0 Å². The highest BCUT2D eigenvalue weighted by molar-refractivity contribution is 9.10. The van der Waals surface area contributed by atoms with Gasteiger partial charge in [0, 0.05) is 0 Å². The minimum atomic E-state index is 0.231. The van der Waals surface area contributed by atoms with Crippen molar-refractivity contribution in [2.45, 2.75) is 32.7 Å². The topological polar surface area (TPSA) is 25.2 Å². The van der Waals surface area contributed by atoms with Gasteiger partial charge in [0.1, 0.15) is 5.76 Å². The summed E-state index contributed by atoms with van der Waals surface area (Å²) in [6.07, 6.45) is 2.06. The predicted octanol–water partition coefficient (Wildman–Crippen LogP) is 4.63. The Balaban J connectivity index is 2.11. The average Bonchev–Trinajstić information content (AvgIpc) is 2.83. The third-order valence-corrected chi connectivity index (χ3v) is 3.56. The molecule has 0 radical (unpaired) electrons. The molecular formula is C16H20BrNO. The van der Waals surface area contributed by atoms with Crippen molar-refractivity contribution < 1.29 is 4.42 Å². The maximum Gasteiger partial charge on any atom is 0.169 e. The molecule has 1 heterocycles. The number of halogens is 1. The van der Waals surface area contributed by atoms with Crippen LogP contribution in [0.4, 0.5) is 0 Å². The van der Waals surface area contributed by atoms with E-state index in [1.54, 1.807) is 0 Å². The molecule has 0 saturated heterocycles. The maximum absolute atomic E-state index is 5.69. The van der Waals surface area contributed by atoms with E-state index in [0.717, 1.165) is 29.8 Å². The maximum atomic E-state index is 5.69. The first-order valence-corrected chi connectivity index (χ1v) is 7.52. The van der Waals surface area contributed by atoms with Crippen molar-refractivity contribution in [2.24, 2.45) is 0 Å². The van der Waals surface area contributed by atoms with Crippen LogP contribution in [-0.4, -0.2) is 6.54 Å². The van der Waals surface area contributed by atoms with Crippen molar-refractivity contribution in [3.05, 3.63) is 58.0 Å². The first kappa shape index (κ1) is 14.4. The van der Waals surface area contributed by atoms with Crippen LogP contribution in [0, 0.1) is 6.92 Å². The molecule has 1 aromatic heterocycles. The van der Waals surface area contributed by atoms with Gasteiger partial charge in [0.05, 0.1) is 6.04 Å². The van der Waals surface area contributed by atoms with Crippen LogP contribution in [0.1, 0.15) is 36.3 Å².